The van der Waals surface area contributed by atoms with Gasteiger partial charge in [-0.1, -0.05) is 0 Å². The zero-order chi connectivity index (χ0) is 44.3. The summed E-state index contributed by atoms with van der Waals surface area (Å²) in [7, 11) is -49.3. The predicted octanol–water partition coefficient (Wildman–Crippen LogP) is -7.65. The van der Waals surface area contributed by atoms with E-state index in [0.717, 1.165) is 0 Å². The van der Waals surface area contributed by atoms with E-state index < -0.39 is 157 Å². The zero-order valence-corrected chi connectivity index (χ0v) is 32.1. The first kappa shape index (κ1) is 52.4. The molecule has 9 atom stereocenters. The predicted molar refractivity (Wildman–Crippen MR) is 156 cm³/mol. The molecule has 0 bridgehead atoms. The van der Waals surface area contributed by atoms with Crippen molar-refractivity contribution in [3.63, 3.8) is 0 Å². The lowest BCUT2D eigenvalue weighted by atomic mass is 9.98. The molecule has 0 aromatic carbocycles. The minimum absolute atomic E-state index is 2.04. The smallest absolute Gasteiger partial charge is 0.367 e. The summed E-state index contributed by atoms with van der Waals surface area (Å²) in [5.41, 5.74) is 4.88. The highest BCUT2D eigenvalue weighted by atomic mass is 32.3. The Labute approximate surface area is 313 Å². The van der Waals surface area contributed by atoms with Crippen LogP contribution in [0.3, 0.4) is 0 Å². The third-order valence-corrected chi connectivity index (χ3v) is 8.99. The second kappa shape index (κ2) is 18.7. The Morgan fingerprint density at radius 3 is 1.30 bits per heavy atom. The van der Waals surface area contributed by atoms with Crippen LogP contribution in [0.2, 0.25) is 0 Å². The Kier molecular flexibility index (Phi) is 17.5. The molecule has 0 aromatic heterocycles. The van der Waals surface area contributed by atoms with E-state index in [4.69, 9.17) is 28.9 Å². The normalized spacial score (nSPS) is 24.5. The number of hydrogen-bond acceptors (Lipinski definition) is 27. The lowest BCUT2D eigenvalue weighted by Gasteiger charge is -2.45. The summed E-state index contributed by atoms with van der Waals surface area (Å²) in [6.07, 6.45) is -31.7. The van der Waals surface area contributed by atoms with Gasteiger partial charge < -0.3 is 15.2 Å². The van der Waals surface area contributed by atoms with Crippen molar-refractivity contribution in [2.75, 3.05) is 13.2 Å². The van der Waals surface area contributed by atoms with E-state index in [1.54, 1.807) is 0 Å². The second-order valence-corrected chi connectivity index (χ2v) is 17.9. The minimum atomic E-state index is -6.40. The maximum Gasteiger partial charge on any atom is 0.398 e. The molecular weight excluding hydrogens is 975 g/mol. The maximum absolute atomic E-state index is 12.3. The van der Waals surface area contributed by atoms with Crippen molar-refractivity contribution in [1.82, 2.24) is 0 Å². The van der Waals surface area contributed by atoms with Gasteiger partial charge in [0.05, 0.1) is 13.2 Å². The fourth-order valence-electron chi connectivity index (χ4n) is 3.86. The summed E-state index contributed by atoms with van der Waals surface area (Å²) in [4.78, 5) is 12.3. The van der Waals surface area contributed by atoms with Gasteiger partial charge in [0.25, 0.3) is 5.91 Å². The molecule has 1 rings (SSSR count). The van der Waals surface area contributed by atoms with Crippen LogP contribution in [0.5, 0.6) is 0 Å². The molecule has 44 heteroatoms. The van der Waals surface area contributed by atoms with Crippen molar-refractivity contribution in [1.29, 1.82) is 0 Å². The molecule has 1 heterocycles. The molecule has 0 aliphatic carbocycles. The minimum Gasteiger partial charge on any atom is -0.367 e. The molecule has 0 unspecified atom stereocenters. The van der Waals surface area contributed by atoms with Gasteiger partial charge in [-0.25, -0.2) is 33.5 Å². The molecule has 36 nitrogen and oxygen atoms in total. The molecule has 1 aliphatic rings. The average molecular weight is 998 g/mol. The lowest BCUT2D eigenvalue weighted by molar-refractivity contribution is -0.312. The monoisotopic (exact) mass is 997 g/mol. The fourth-order valence-corrected chi connectivity index (χ4v) is 7.40. The van der Waals surface area contributed by atoms with Gasteiger partial charge in [-0.15, -0.1) is 0 Å². The average Bonchev–Trinajstić information content (AvgIpc) is 2.89. The van der Waals surface area contributed by atoms with Crippen LogP contribution in [0.15, 0.2) is 0 Å². The highest BCUT2D eigenvalue weighted by Gasteiger charge is 2.57. The molecule has 1 amide bonds. The summed E-state index contributed by atoms with van der Waals surface area (Å²) in [5, 5.41) is 0. The van der Waals surface area contributed by atoms with Gasteiger partial charge in [0.15, 0.2) is 18.5 Å². The van der Waals surface area contributed by atoms with Crippen molar-refractivity contribution >= 4 is 89.1 Å². The Morgan fingerprint density at radius 1 is 0.518 bits per heavy atom. The van der Waals surface area contributed by atoms with Gasteiger partial charge in [0, 0.05) is 0 Å². The van der Waals surface area contributed by atoms with E-state index in [-0.39, 0.29) is 0 Å². The van der Waals surface area contributed by atoms with Gasteiger partial charge in [0.2, 0.25) is 0 Å². The Balaban J connectivity index is 4.51. The summed E-state index contributed by atoms with van der Waals surface area (Å²) < 4.78 is 301. The largest absolute Gasteiger partial charge is 0.398 e. The molecular formula is C12H23NO35S8. The number of rotatable bonds is 24. The molecule has 334 valence electrons. The third kappa shape index (κ3) is 21.4. The van der Waals surface area contributed by atoms with E-state index in [9.17, 15) is 94.9 Å². The fraction of sp³-hybridized carbons (Fsp3) is 0.917. The topological polar surface area (TPSA) is 570 Å². The first-order valence-corrected chi connectivity index (χ1v) is 23.2. The van der Waals surface area contributed by atoms with Crippen LogP contribution in [0.4, 0.5) is 0 Å². The van der Waals surface area contributed by atoms with E-state index >= 15 is 0 Å². The van der Waals surface area contributed by atoms with Gasteiger partial charge in [-0.05, 0) is 0 Å². The van der Waals surface area contributed by atoms with Crippen molar-refractivity contribution in [2.45, 2.75) is 55.1 Å². The number of ether oxygens (including phenoxy) is 2. The van der Waals surface area contributed by atoms with Crippen molar-refractivity contribution in [3.05, 3.63) is 0 Å². The lowest BCUT2D eigenvalue weighted by Crippen LogP contribution is -2.65. The highest BCUT2D eigenvalue weighted by Crippen LogP contribution is 2.34. The first-order valence-electron chi connectivity index (χ1n) is 12.3. The third-order valence-electron chi connectivity index (χ3n) is 5.32. The van der Waals surface area contributed by atoms with Crippen LogP contribution in [0, 0.1) is 0 Å². The second-order valence-electron chi connectivity index (χ2n) is 9.43. The number of hydrogen-bond donors (Lipinski definition) is 9. The van der Waals surface area contributed by atoms with Crippen LogP contribution >= 0.6 is 0 Å². The van der Waals surface area contributed by atoms with E-state index in [0.29, 0.717) is 0 Å². The SMILES string of the molecule is NC(=O)[C@H](OS(=O)(=O)O)[C@@H](OS(=O)(=O)O)[C@H](O[C@@H]1O[C@H](COS(=O)(=O)O)[C@@H](OS(=O)(=O)O)[C@H](OS(=O)(=O)O)[C@H]1OS(=O)(=O)O)[C@@H](COS(=O)(=O)O)OS(=O)(=O)O. The van der Waals surface area contributed by atoms with E-state index in [1.807, 2.05) is 0 Å². The molecule has 0 radical (unpaired) electrons. The molecule has 0 saturated carbocycles. The van der Waals surface area contributed by atoms with Crippen LogP contribution < -0.4 is 5.73 Å². The summed E-state index contributed by atoms with van der Waals surface area (Å²) in [6, 6.07) is 0. The molecule has 1 fully saturated rings. The number of carbonyl (C=O) groups excluding carboxylic acids is 1. The number of amides is 1. The quantitative estimate of drug-likeness (QED) is 0.0406. The Morgan fingerprint density at radius 2 is 0.929 bits per heavy atom. The highest BCUT2D eigenvalue weighted by molar-refractivity contribution is 7.82. The molecule has 0 aromatic rings. The molecule has 56 heavy (non-hydrogen) atoms. The zero-order valence-electron chi connectivity index (χ0n) is 25.6. The van der Waals surface area contributed by atoms with Crippen LogP contribution in [-0.2, 0) is 131 Å². The summed E-state index contributed by atoms with van der Waals surface area (Å²) in [6.45, 7) is -4.36. The molecule has 10 N–H and O–H groups in total. The van der Waals surface area contributed by atoms with Gasteiger partial charge in [0.1, 0.15) is 36.6 Å². The maximum atomic E-state index is 12.3. The Bertz CT molecular complexity index is 2300. The number of nitrogens with two attached hydrogens (primary N) is 1. The first-order chi connectivity index (χ1) is 24.5. The van der Waals surface area contributed by atoms with Gasteiger partial charge in [-0.3, -0.25) is 41.2 Å². The van der Waals surface area contributed by atoms with E-state index in [2.05, 4.69) is 33.5 Å². The van der Waals surface area contributed by atoms with E-state index in [1.165, 1.54) is 0 Å². The van der Waals surface area contributed by atoms with Crippen molar-refractivity contribution in [3.8, 4) is 0 Å². The van der Waals surface area contributed by atoms with Crippen molar-refractivity contribution in [2.24, 2.45) is 5.73 Å². The van der Waals surface area contributed by atoms with Gasteiger partial charge in [-0.2, -0.15) is 67.3 Å². The van der Waals surface area contributed by atoms with Crippen LogP contribution in [0.25, 0.3) is 0 Å². The van der Waals surface area contributed by atoms with Gasteiger partial charge >= 0.3 is 83.2 Å². The van der Waals surface area contributed by atoms with Crippen LogP contribution in [-0.4, -0.2) is 178 Å². The summed E-state index contributed by atoms with van der Waals surface area (Å²) in [5.74, 6) is -2.45. The standard InChI is InChI=1S/C12H23NO35S8/c13-11(14)9(47-55(33,34)35)7(45-53(27,28)29)5(4(43-51(21,22)23)2-40-50(18,19)20)42-12-10(48-56(36,37)38)8(46-54(30,31)32)6(44-52(24,25)26)3(41-12)1-39-49(15,16)17/h3-10,12H,1-2H2,(H2,13,14)(H,15,16,17)(H,18,19,20)(H,21,22,23)(H,24,25,26)(H,27,28,29)(H,30,31,32)(H,33,34,35)(H,36,37,38)/t3-,4-,5-,6-,7+,8+,9-,10-,12+/m1/s1. The Hall–Kier alpha value is -1.65. The number of primary amides is 1. The molecule has 1 saturated heterocycles. The molecule has 0 spiro atoms. The summed E-state index contributed by atoms with van der Waals surface area (Å²) >= 11 is 0. The van der Waals surface area contributed by atoms with Crippen molar-refractivity contribution < 1.29 is 151 Å². The van der Waals surface area contributed by atoms with Crippen LogP contribution in [0.1, 0.15) is 0 Å². The number of carbonyl (C=O) groups is 1. The molecule has 1 aliphatic heterocycles.